The third-order valence-corrected chi connectivity index (χ3v) is 9.11. The van der Waals surface area contributed by atoms with Crippen LogP contribution in [0.25, 0.3) is 0 Å². The van der Waals surface area contributed by atoms with Crippen LogP contribution in [0.15, 0.2) is 0 Å². The number of rotatable bonds is 28. The summed E-state index contributed by atoms with van der Waals surface area (Å²) in [7, 11) is 1.98. The van der Waals surface area contributed by atoms with Gasteiger partial charge in [0.1, 0.15) is 13.2 Å². The molecule has 0 aliphatic heterocycles. The molecule has 4 unspecified atom stereocenters. The Morgan fingerprint density at radius 1 is 0.548 bits per heavy atom. The molecular formula is C37H73NO4. The lowest BCUT2D eigenvalue weighted by Crippen LogP contribution is -2.29. The molecule has 0 aliphatic rings. The van der Waals surface area contributed by atoms with Crippen molar-refractivity contribution < 1.29 is 19.1 Å². The molecule has 0 bridgehead atoms. The van der Waals surface area contributed by atoms with E-state index in [1.807, 2.05) is 7.05 Å². The van der Waals surface area contributed by atoms with E-state index in [9.17, 15) is 9.59 Å². The molecule has 4 atom stereocenters. The standard InChI is InChI=1S/C37H73NO4/c1-10-34(22-14-20-32(7)18-12-16-30(3)4)28-36(39)41-26-24-38(9)25-27-42-37(40)29-35(11-2)23-15-21-33(8)19-13-17-31(5)6/h30-35H,10-29H2,1-9H3. The number of likely N-dealkylation sites (N-methyl/N-ethyl adjacent to an activating group) is 1. The predicted octanol–water partition coefficient (Wildman–Crippen LogP) is 10.1. The Hall–Kier alpha value is -1.10. The molecule has 0 radical (unpaired) electrons. The lowest BCUT2D eigenvalue weighted by molar-refractivity contribution is -0.145. The minimum absolute atomic E-state index is 0.0813. The molecule has 0 aromatic rings. The van der Waals surface area contributed by atoms with Gasteiger partial charge in [0.25, 0.3) is 0 Å². The molecule has 5 nitrogen and oxygen atoms in total. The summed E-state index contributed by atoms with van der Waals surface area (Å²) in [5.41, 5.74) is 0. The van der Waals surface area contributed by atoms with Gasteiger partial charge in [0.2, 0.25) is 0 Å². The molecule has 0 aromatic heterocycles. The molecule has 0 spiro atoms. The van der Waals surface area contributed by atoms with Crippen LogP contribution in [0.5, 0.6) is 0 Å². The number of carbonyl (C=O) groups is 2. The Morgan fingerprint density at radius 2 is 0.881 bits per heavy atom. The zero-order valence-corrected chi connectivity index (χ0v) is 29.7. The summed E-state index contributed by atoms with van der Waals surface area (Å²) in [5, 5.41) is 0. The van der Waals surface area contributed by atoms with Crippen LogP contribution in [-0.2, 0) is 19.1 Å². The quantitative estimate of drug-likeness (QED) is 0.0842. The number of esters is 2. The van der Waals surface area contributed by atoms with E-state index >= 15 is 0 Å². The maximum Gasteiger partial charge on any atom is 0.306 e. The second-order valence-corrected chi connectivity index (χ2v) is 14.4. The summed E-state index contributed by atoms with van der Waals surface area (Å²) < 4.78 is 11.1. The molecule has 0 amide bonds. The summed E-state index contributed by atoms with van der Waals surface area (Å²) >= 11 is 0. The highest BCUT2D eigenvalue weighted by atomic mass is 16.5. The predicted molar refractivity (Wildman–Crippen MR) is 180 cm³/mol. The molecule has 0 rings (SSSR count). The van der Waals surface area contributed by atoms with Gasteiger partial charge in [-0.1, -0.05) is 132 Å². The van der Waals surface area contributed by atoms with Gasteiger partial charge in [-0.15, -0.1) is 0 Å². The third kappa shape index (κ3) is 25.4. The summed E-state index contributed by atoms with van der Waals surface area (Å²) in [6, 6.07) is 0. The van der Waals surface area contributed by atoms with Gasteiger partial charge < -0.3 is 9.47 Å². The molecular weight excluding hydrogens is 522 g/mol. The van der Waals surface area contributed by atoms with E-state index in [4.69, 9.17) is 9.47 Å². The summed E-state index contributed by atoms with van der Waals surface area (Å²) in [5.74, 6) is 3.82. The summed E-state index contributed by atoms with van der Waals surface area (Å²) in [6.07, 6.45) is 18.2. The minimum Gasteiger partial charge on any atom is -0.464 e. The fraction of sp³-hybridized carbons (Fsp3) is 0.946. The van der Waals surface area contributed by atoms with Crippen LogP contribution in [0, 0.1) is 35.5 Å². The Bertz CT molecular complexity index is 596. The van der Waals surface area contributed by atoms with Gasteiger partial charge in [-0.3, -0.25) is 14.5 Å². The van der Waals surface area contributed by atoms with E-state index in [0.717, 1.165) is 49.4 Å². The normalized spacial score (nSPS) is 14.8. The fourth-order valence-electron chi connectivity index (χ4n) is 5.78. The van der Waals surface area contributed by atoms with E-state index in [1.165, 1.54) is 64.2 Å². The second-order valence-electron chi connectivity index (χ2n) is 14.4. The first-order valence-electron chi connectivity index (χ1n) is 18.0. The van der Waals surface area contributed by atoms with Gasteiger partial charge >= 0.3 is 11.9 Å². The van der Waals surface area contributed by atoms with Crippen molar-refractivity contribution in [3.8, 4) is 0 Å². The molecule has 250 valence electrons. The monoisotopic (exact) mass is 596 g/mol. The average Bonchev–Trinajstić information content (AvgIpc) is 2.91. The largest absolute Gasteiger partial charge is 0.464 e. The highest BCUT2D eigenvalue weighted by Crippen LogP contribution is 2.24. The maximum atomic E-state index is 12.4. The van der Waals surface area contributed by atoms with Gasteiger partial charge in [-0.25, -0.2) is 0 Å². The Kier molecular flexibility index (Phi) is 25.6. The first kappa shape index (κ1) is 40.9. The van der Waals surface area contributed by atoms with Crippen LogP contribution >= 0.6 is 0 Å². The van der Waals surface area contributed by atoms with E-state index < -0.39 is 0 Å². The van der Waals surface area contributed by atoms with Crippen molar-refractivity contribution in [1.29, 1.82) is 0 Å². The summed E-state index contributed by atoms with van der Waals surface area (Å²) in [6.45, 7) is 20.4. The van der Waals surface area contributed by atoms with Crippen molar-refractivity contribution in [1.82, 2.24) is 4.90 Å². The Morgan fingerprint density at radius 3 is 1.19 bits per heavy atom. The highest BCUT2D eigenvalue weighted by molar-refractivity contribution is 5.70. The number of hydrogen-bond acceptors (Lipinski definition) is 5. The van der Waals surface area contributed by atoms with Crippen molar-refractivity contribution in [3.05, 3.63) is 0 Å². The highest BCUT2D eigenvalue weighted by Gasteiger charge is 2.16. The third-order valence-electron chi connectivity index (χ3n) is 9.11. The van der Waals surface area contributed by atoms with Crippen molar-refractivity contribution in [3.63, 3.8) is 0 Å². The first-order valence-corrected chi connectivity index (χ1v) is 18.0. The number of nitrogens with zero attached hydrogens (tertiary/aromatic N) is 1. The van der Waals surface area contributed by atoms with Crippen molar-refractivity contribution in [2.45, 2.75) is 158 Å². The molecule has 0 heterocycles. The topological polar surface area (TPSA) is 55.8 Å². The number of ether oxygens (including phenoxy) is 2. The average molecular weight is 596 g/mol. The lowest BCUT2D eigenvalue weighted by Gasteiger charge is -2.19. The second kappa shape index (κ2) is 26.3. The molecule has 0 fully saturated rings. The molecule has 42 heavy (non-hydrogen) atoms. The van der Waals surface area contributed by atoms with Crippen LogP contribution in [-0.4, -0.2) is 50.2 Å². The number of hydrogen-bond donors (Lipinski definition) is 0. The number of carbonyl (C=O) groups excluding carboxylic acids is 2. The van der Waals surface area contributed by atoms with Crippen molar-refractivity contribution in [2.75, 3.05) is 33.4 Å². The minimum atomic E-state index is -0.0813. The Labute approximate surface area is 262 Å². The smallest absolute Gasteiger partial charge is 0.306 e. The van der Waals surface area contributed by atoms with Gasteiger partial charge in [0.15, 0.2) is 0 Å². The summed E-state index contributed by atoms with van der Waals surface area (Å²) in [4.78, 5) is 26.9. The van der Waals surface area contributed by atoms with Gasteiger partial charge in [-0.05, 0) is 55.4 Å². The molecule has 5 heteroatoms. The van der Waals surface area contributed by atoms with E-state index in [-0.39, 0.29) is 11.9 Å². The zero-order chi connectivity index (χ0) is 31.8. The molecule has 0 saturated heterocycles. The van der Waals surface area contributed by atoms with E-state index in [2.05, 4.69) is 60.3 Å². The van der Waals surface area contributed by atoms with Crippen molar-refractivity contribution >= 4 is 11.9 Å². The van der Waals surface area contributed by atoms with Crippen molar-refractivity contribution in [2.24, 2.45) is 35.5 Å². The lowest BCUT2D eigenvalue weighted by atomic mass is 9.91. The Balaban J connectivity index is 3.99. The van der Waals surface area contributed by atoms with Crippen LogP contribution in [0.1, 0.15) is 158 Å². The molecule has 0 N–H and O–H groups in total. The van der Waals surface area contributed by atoms with Crippen LogP contribution < -0.4 is 0 Å². The van der Waals surface area contributed by atoms with Crippen LogP contribution in [0.2, 0.25) is 0 Å². The fourth-order valence-corrected chi connectivity index (χ4v) is 5.78. The molecule has 0 saturated carbocycles. The zero-order valence-electron chi connectivity index (χ0n) is 29.7. The van der Waals surface area contributed by atoms with E-state index in [0.29, 0.717) is 51.0 Å². The first-order chi connectivity index (χ1) is 20.0. The SMILES string of the molecule is CCC(CCCC(C)CCCC(C)C)CC(=O)OCCN(C)CCOC(=O)CC(CC)CCCC(C)CCCC(C)C. The van der Waals surface area contributed by atoms with Crippen LogP contribution in [0.3, 0.4) is 0 Å². The van der Waals surface area contributed by atoms with Gasteiger partial charge in [0.05, 0.1) is 0 Å². The molecule has 0 aromatic carbocycles. The maximum absolute atomic E-state index is 12.4. The van der Waals surface area contributed by atoms with E-state index in [1.54, 1.807) is 0 Å². The van der Waals surface area contributed by atoms with Crippen LogP contribution in [0.4, 0.5) is 0 Å². The van der Waals surface area contributed by atoms with Gasteiger partial charge in [0, 0.05) is 25.9 Å². The molecule has 0 aliphatic carbocycles. The van der Waals surface area contributed by atoms with Gasteiger partial charge in [-0.2, -0.15) is 0 Å².